The average Bonchev–Trinajstić information content (AvgIpc) is 3.23. The van der Waals surface area contributed by atoms with E-state index in [4.69, 9.17) is 0 Å². The second kappa shape index (κ2) is 8.94. The Morgan fingerprint density at radius 1 is 1.10 bits per heavy atom. The van der Waals surface area contributed by atoms with Crippen LogP contribution in [0, 0.1) is 0 Å². The van der Waals surface area contributed by atoms with E-state index in [9.17, 15) is 18.0 Å². The number of benzene rings is 2. The molecule has 1 aromatic heterocycles. The monoisotopic (exact) mass is 401 g/mol. The lowest BCUT2D eigenvalue weighted by atomic mass is 9.96. The van der Waals surface area contributed by atoms with Crippen LogP contribution in [-0.2, 0) is 17.4 Å². The van der Waals surface area contributed by atoms with Crippen LogP contribution in [0.3, 0.4) is 0 Å². The van der Waals surface area contributed by atoms with Crippen molar-refractivity contribution in [2.24, 2.45) is 0 Å². The SMILES string of the molecule is CC(CC(=O)NCCc1ccc(-n2cccn2)cc1)c1ccc(C(F)(F)F)cc1. The highest BCUT2D eigenvalue weighted by Crippen LogP contribution is 2.30. The van der Waals surface area contributed by atoms with Gasteiger partial charge >= 0.3 is 6.18 Å². The van der Waals surface area contributed by atoms with Crippen LogP contribution >= 0.6 is 0 Å². The summed E-state index contributed by atoms with van der Waals surface area (Å²) < 4.78 is 39.7. The first-order valence-corrected chi connectivity index (χ1v) is 9.36. The molecule has 29 heavy (non-hydrogen) atoms. The zero-order valence-corrected chi connectivity index (χ0v) is 16.0. The van der Waals surface area contributed by atoms with E-state index >= 15 is 0 Å². The van der Waals surface area contributed by atoms with Crippen LogP contribution in [0.15, 0.2) is 67.0 Å². The Labute approximate surface area is 167 Å². The molecule has 0 aliphatic heterocycles. The molecular formula is C22H22F3N3O. The molecule has 0 radical (unpaired) electrons. The largest absolute Gasteiger partial charge is 0.416 e. The molecule has 2 aromatic carbocycles. The third-order valence-electron chi connectivity index (χ3n) is 4.74. The number of alkyl halides is 3. The first-order chi connectivity index (χ1) is 13.8. The predicted molar refractivity (Wildman–Crippen MR) is 105 cm³/mol. The van der Waals surface area contributed by atoms with Gasteiger partial charge in [0.05, 0.1) is 11.3 Å². The second-order valence-electron chi connectivity index (χ2n) is 6.94. The van der Waals surface area contributed by atoms with Gasteiger partial charge in [-0.15, -0.1) is 0 Å². The Balaban J connectivity index is 1.45. The molecule has 0 saturated heterocycles. The molecule has 3 aromatic rings. The van der Waals surface area contributed by atoms with Crippen molar-refractivity contribution in [3.63, 3.8) is 0 Å². The topological polar surface area (TPSA) is 46.9 Å². The van der Waals surface area contributed by atoms with Crippen molar-refractivity contribution in [2.45, 2.75) is 31.9 Å². The van der Waals surface area contributed by atoms with Crippen LogP contribution in [0.5, 0.6) is 0 Å². The zero-order chi connectivity index (χ0) is 20.9. The molecule has 0 bridgehead atoms. The van der Waals surface area contributed by atoms with E-state index in [-0.39, 0.29) is 18.2 Å². The molecule has 1 atom stereocenters. The van der Waals surface area contributed by atoms with E-state index in [0.717, 1.165) is 23.4 Å². The number of carbonyl (C=O) groups is 1. The lowest BCUT2D eigenvalue weighted by Gasteiger charge is -2.14. The van der Waals surface area contributed by atoms with Gasteiger partial charge in [-0.3, -0.25) is 4.79 Å². The Hall–Kier alpha value is -3.09. The van der Waals surface area contributed by atoms with Gasteiger partial charge in [-0.05, 0) is 53.8 Å². The molecular weight excluding hydrogens is 379 g/mol. The van der Waals surface area contributed by atoms with Gasteiger partial charge in [-0.2, -0.15) is 18.3 Å². The molecule has 0 aliphatic rings. The summed E-state index contributed by atoms with van der Waals surface area (Å²) in [6.07, 6.45) is 0.154. The maximum Gasteiger partial charge on any atom is 0.416 e. The number of amides is 1. The van der Waals surface area contributed by atoms with E-state index in [1.165, 1.54) is 12.1 Å². The molecule has 0 fully saturated rings. The fourth-order valence-corrected chi connectivity index (χ4v) is 3.05. The van der Waals surface area contributed by atoms with Gasteiger partial charge in [-0.25, -0.2) is 4.68 Å². The van der Waals surface area contributed by atoms with Crippen molar-refractivity contribution in [3.8, 4) is 5.69 Å². The van der Waals surface area contributed by atoms with Crippen molar-refractivity contribution in [3.05, 3.63) is 83.7 Å². The molecule has 0 saturated carbocycles. The summed E-state index contributed by atoms with van der Waals surface area (Å²) in [5.74, 6) is -0.281. The van der Waals surface area contributed by atoms with Gasteiger partial charge in [-0.1, -0.05) is 31.2 Å². The number of halogens is 3. The third-order valence-corrected chi connectivity index (χ3v) is 4.74. The quantitative estimate of drug-likeness (QED) is 0.621. The Kier molecular flexibility index (Phi) is 6.36. The van der Waals surface area contributed by atoms with E-state index in [2.05, 4.69) is 10.4 Å². The maximum absolute atomic E-state index is 12.6. The van der Waals surface area contributed by atoms with Crippen LogP contribution in [0.1, 0.15) is 36.0 Å². The molecule has 1 N–H and O–H groups in total. The number of rotatable bonds is 7. The third kappa shape index (κ3) is 5.70. The minimum atomic E-state index is -4.35. The fourth-order valence-electron chi connectivity index (χ4n) is 3.05. The normalized spacial score (nSPS) is 12.6. The maximum atomic E-state index is 12.6. The standard InChI is InChI=1S/C22H22F3N3O/c1-16(18-5-7-19(8-6-18)22(23,24)25)15-21(29)26-13-11-17-3-9-20(10-4-17)28-14-2-12-27-28/h2-10,12,14,16H,11,13,15H2,1H3,(H,26,29). The fraction of sp³-hybridized carbons (Fsp3) is 0.273. The highest BCUT2D eigenvalue weighted by atomic mass is 19.4. The van der Waals surface area contributed by atoms with Crippen LogP contribution in [-0.4, -0.2) is 22.2 Å². The van der Waals surface area contributed by atoms with Gasteiger partial charge in [0.1, 0.15) is 0 Å². The van der Waals surface area contributed by atoms with E-state index in [0.29, 0.717) is 18.5 Å². The van der Waals surface area contributed by atoms with Crippen molar-refractivity contribution in [1.82, 2.24) is 15.1 Å². The number of hydrogen-bond acceptors (Lipinski definition) is 2. The van der Waals surface area contributed by atoms with E-state index in [1.807, 2.05) is 43.5 Å². The van der Waals surface area contributed by atoms with Gasteiger partial charge in [0, 0.05) is 25.4 Å². The van der Waals surface area contributed by atoms with Gasteiger partial charge in [0.25, 0.3) is 0 Å². The average molecular weight is 401 g/mol. The predicted octanol–water partition coefficient (Wildman–Crippen LogP) is 4.74. The number of aromatic nitrogens is 2. The summed E-state index contributed by atoms with van der Waals surface area (Å²) in [5, 5.41) is 7.05. The molecule has 4 nitrogen and oxygen atoms in total. The van der Waals surface area contributed by atoms with Crippen molar-refractivity contribution in [2.75, 3.05) is 6.54 Å². The van der Waals surface area contributed by atoms with Crippen molar-refractivity contribution >= 4 is 5.91 Å². The first-order valence-electron chi connectivity index (χ1n) is 9.36. The summed E-state index contributed by atoms with van der Waals surface area (Å²) in [6, 6.07) is 14.8. The smallest absolute Gasteiger partial charge is 0.356 e. The van der Waals surface area contributed by atoms with Gasteiger partial charge < -0.3 is 5.32 Å². The summed E-state index contributed by atoms with van der Waals surface area (Å²) >= 11 is 0. The number of nitrogens with zero attached hydrogens (tertiary/aromatic N) is 2. The van der Waals surface area contributed by atoms with E-state index in [1.54, 1.807) is 10.9 Å². The van der Waals surface area contributed by atoms with Crippen LogP contribution in [0.25, 0.3) is 5.69 Å². The summed E-state index contributed by atoms with van der Waals surface area (Å²) in [5.41, 5.74) is 2.09. The molecule has 152 valence electrons. The Morgan fingerprint density at radius 3 is 2.38 bits per heavy atom. The lowest BCUT2D eigenvalue weighted by molar-refractivity contribution is -0.137. The van der Waals surface area contributed by atoms with Crippen LogP contribution in [0.2, 0.25) is 0 Å². The van der Waals surface area contributed by atoms with Crippen LogP contribution in [0.4, 0.5) is 13.2 Å². The highest BCUT2D eigenvalue weighted by molar-refractivity contribution is 5.76. The minimum Gasteiger partial charge on any atom is -0.356 e. The summed E-state index contributed by atoms with van der Waals surface area (Å²) in [6.45, 7) is 2.33. The van der Waals surface area contributed by atoms with Gasteiger partial charge in [0.15, 0.2) is 0 Å². The van der Waals surface area contributed by atoms with E-state index < -0.39 is 11.7 Å². The number of hydrogen-bond donors (Lipinski definition) is 1. The Morgan fingerprint density at radius 2 is 1.79 bits per heavy atom. The molecule has 7 heteroatoms. The molecule has 1 heterocycles. The molecule has 0 spiro atoms. The lowest BCUT2D eigenvalue weighted by Crippen LogP contribution is -2.26. The first kappa shape index (κ1) is 20.6. The molecule has 1 unspecified atom stereocenters. The minimum absolute atomic E-state index is 0.120. The number of carbonyl (C=O) groups excluding carboxylic acids is 1. The van der Waals surface area contributed by atoms with Crippen molar-refractivity contribution < 1.29 is 18.0 Å². The summed E-state index contributed by atoms with van der Waals surface area (Å²) in [4.78, 5) is 12.2. The number of nitrogens with one attached hydrogen (secondary N) is 1. The zero-order valence-electron chi connectivity index (χ0n) is 16.0. The summed E-state index contributed by atoms with van der Waals surface area (Å²) in [7, 11) is 0. The Bertz CT molecular complexity index is 917. The molecule has 0 aliphatic carbocycles. The van der Waals surface area contributed by atoms with Crippen molar-refractivity contribution in [1.29, 1.82) is 0 Å². The van der Waals surface area contributed by atoms with Crippen LogP contribution < -0.4 is 5.32 Å². The highest BCUT2D eigenvalue weighted by Gasteiger charge is 2.30. The van der Waals surface area contributed by atoms with Gasteiger partial charge in [0.2, 0.25) is 5.91 Å². The second-order valence-corrected chi connectivity index (χ2v) is 6.94. The molecule has 1 amide bonds. The molecule has 3 rings (SSSR count).